The van der Waals surface area contributed by atoms with Crippen molar-refractivity contribution in [2.75, 3.05) is 14.1 Å². The molecule has 1 rings (SSSR count). The van der Waals surface area contributed by atoms with Crippen molar-refractivity contribution in [2.24, 2.45) is 0 Å². The zero-order valence-electron chi connectivity index (χ0n) is 12.5. The fraction of sp³-hybridized carbons (Fsp3) is 0.538. The first-order chi connectivity index (χ1) is 9.62. The molecule has 0 bridgehead atoms. The Bertz CT molecular complexity index is 627. The van der Waals surface area contributed by atoms with Gasteiger partial charge in [0.2, 0.25) is 10.0 Å². The molecule has 2 atom stereocenters. The summed E-state index contributed by atoms with van der Waals surface area (Å²) in [6.07, 6.45) is -0.268. The van der Waals surface area contributed by atoms with Gasteiger partial charge in [0.05, 0.1) is 15.9 Å². The smallest absolute Gasteiger partial charge is 0.274 e. The highest BCUT2D eigenvalue weighted by atomic mass is 32.2. The van der Waals surface area contributed by atoms with E-state index in [0.29, 0.717) is 12.0 Å². The number of aliphatic hydroxyl groups excluding tert-OH is 1. The van der Waals surface area contributed by atoms with Gasteiger partial charge in [0, 0.05) is 31.6 Å². The van der Waals surface area contributed by atoms with Crippen LogP contribution in [0.2, 0.25) is 0 Å². The van der Waals surface area contributed by atoms with E-state index < -0.39 is 27.0 Å². The van der Waals surface area contributed by atoms with E-state index in [9.17, 15) is 23.6 Å². The van der Waals surface area contributed by atoms with E-state index in [4.69, 9.17) is 0 Å². The molecule has 0 spiro atoms. The van der Waals surface area contributed by atoms with Gasteiger partial charge in [0.25, 0.3) is 5.69 Å². The summed E-state index contributed by atoms with van der Waals surface area (Å²) in [5.74, 6) is -0.452. The third kappa shape index (κ3) is 3.58. The quantitative estimate of drug-likeness (QED) is 0.636. The number of hydrogen-bond acceptors (Lipinski definition) is 5. The summed E-state index contributed by atoms with van der Waals surface area (Å²) in [6.45, 7) is 3.45. The fourth-order valence-electron chi connectivity index (χ4n) is 2.00. The third-order valence-corrected chi connectivity index (χ3v) is 5.27. The standard InChI is InChI=1S/C13H20N2O5S/c1-5-13(16)9(2)11-7-6-10(8-12(11)15(17)18)21(19,20)14(3)4/h6-9,13,16H,5H2,1-4H3. The summed E-state index contributed by atoms with van der Waals surface area (Å²) >= 11 is 0. The first kappa shape index (κ1) is 17.5. The van der Waals surface area contributed by atoms with Crippen LogP contribution in [0.15, 0.2) is 23.1 Å². The summed E-state index contributed by atoms with van der Waals surface area (Å²) in [5.41, 5.74) is 0.0324. The molecule has 0 saturated heterocycles. The lowest BCUT2D eigenvalue weighted by Crippen LogP contribution is -2.22. The van der Waals surface area contributed by atoms with Gasteiger partial charge >= 0.3 is 0 Å². The Morgan fingerprint density at radius 3 is 2.38 bits per heavy atom. The Kier molecular flexibility index (Phi) is 5.43. The van der Waals surface area contributed by atoms with E-state index in [1.54, 1.807) is 13.8 Å². The van der Waals surface area contributed by atoms with Gasteiger partial charge in [-0.15, -0.1) is 0 Å². The lowest BCUT2D eigenvalue weighted by molar-refractivity contribution is -0.386. The largest absolute Gasteiger partial charge is 0.393 e. The summed E-state index contributed by atoms with van der Waals surface area (Å²) in [6, 6.07) is 3.78. The van der Waals surface area contributed by atoms with E-state index in [-0.39, 0.29) is 10.6 Å². The van der Waals surface area contributed by atoms with Crippen LogP contribution in [0.5, 0.6) is 0 Å². The Labute approximate surface area is 124 Å². The predicted molar refractivity (Wildman–Crippen MR) is 78.7 cm³/mol. The molecule has 0 aromatic heterocycles. The number of nitrogens with zero attached hydrogens (tertiary/aromatic N) is 2. The minimum absolute atomic E-state index is 0.138. The highest BCUT2D eigenvalue weighted by molar-refractivity contribution is 7.89. The molecule has 7 nitrogen and oxygen atoms in total. The van der Waals surface area contributed by atoms with Gasteiger partial charge in [-0.2, -0.15) is 0 Å². The van der Waals surface area contributed by atoms with Crippen LogP contribution in [0.4, 0.5) is 5.69 Å². The Morgan fingerprint density at radius 2 is 1.95 bits per heavy atom. The molecule has 0 amide bonds. The zero-order chi connectivity index (χ0) is 16.4. The van der Waals surface area contributed by atoms with Crippen LogP contribution in [0.25, 0.3) is 0 Å². The van der Waals surface area contributed by atoms with Crippen LogP contribution < -0.4 is 0 Å². The number of nitro groups is 1. The van der Waals surface area contributed by atoms with Crippen LogP contribution in [-0.2, 0) is 10.0 Å². The van der Waals surface area contributed by atoms with Crippen molar-refractivity contribution in [1.82, 2.24) is 4.31 Å². The van der Waals surface area contributed by atoms with E-state index in [2.05, 4.69) is 0 Å². The van der Waals surface area contributed by atoms with Crippen molar-refractivity contribution in [2.45, 2.75) is 37.2 Å². The first-order valence-corrected chi connectivity index (χ1v) is 7.95. The zero-order valence-corrected chi connectivity index (χ0v) is 13.3. The van der Waals surface area contributed by atoms with Crippen LogP contribution in [0.3, 0.4) is 0 Å². The van der Waals surface area contributed by atoms with Crippen LogP contribution in [0, 0.1) is 10.1 Å². The van der Waals surface area contributed by atoms with Crippen LogP contribution in [-0.4, -0.2) is 43.0 Å². The lowest BCUT2D eigenvalue weighted by Gasteiger charge is -2.18. The highest BCUT2D eigenvalue weighted by Crippen LogP contribution is 2.32. The molecule has 1 aromatic carbocycles. The first-order valence-electron chi connectivity index (χ1n) is 6.51. The van der Waals surface area contributed by atoms with Crippen molar-refractivity contribution in [3.63, 3.8) is 0 Å². The maximum atomic E-state index is 12.0. The normalized spacial score (nSPS) is 15.0. The Morgan fingerprint density at radius 1 is 1.38 bits per heavy atom. The summed E-state index contributed by atoms with van der Waals surface area (Å²) in [4.78, 5) is 10.4. The lowest BCUT2D eigenvalue weighted by atomic mass is 9.92. The Balaban J connectivity index is 3.43. The van der Waals surface area contributed by atoms with Crippen molar-refractivity contribution in [3.8, 4) is 0 Å². The molecule has 1 N–H and O–H groups in total. The number of rotatable bonds is 6. The molecule has 1 aromatic rings. The van der Waals surface area contributed by atoms with Crippen LogP contribution in [0.1, 0.15) is 31.7 Å². The highest BCUT2D eigenvalue weighted by Gasteiger charge is 2.27. The van der Waals surface area contributed by atoms with Crippen LogP contribution >= 0.6 is 0 Å². The molecular formula is C13H20N2O5S. The average Bonchev–Trinajstić information content (AvgIpc) is 2.44. The summed E-state index contributed by atoms with van der Waals surface area (Å²) in [7, 11) is -1.02. The van der Waals surface area contributed by atoms with Gasteiger partial charge in [-0.25, -0.2) is 12.7 Å². The minimum atomic E-state index is -3.73. The fourth-order valence-corrected chi connectivity index (χ4v) is 2.92. The molecule has 0 aliphatic heterocycles. The van der Waals surface area contributed by atoms with E-state index >= 15 is 0 Å². The van der Waals surface area contributed by atoms with E-state index in [1.807, 2.05) is 0 Å². The molecule has 0 heterocycles. The second kappa shape index (κ2) is 6.50. The van der Waals surface area contributed by atoms with Crippen molar-refractivity contribution >= 4 is 15.7 Å². The van der Waals surface area contributed by atoms with Crippen molar-refractivity contribution in [3.05, 3.63) is 33.9 Å². The second-order valence-electron chi connectivity index (χ2n) is 5.03. The molecule has 0 radical (unpaired) electrons. The van der Waals surface area contributed by atoms with Gasteiger partial charge in [-0.1, -0.05) is 19.9 Å². The topological polar surface area (TPSA) is 101 Å². The van der Waals surface area contributed by atoms with E-state index in [0.717, 1.165) is 10.4 Å². The maximum absolute atomic E-state index is 12.0. The summed E-state index contributed by atoms with van der Waals surface area (Å²) < 4.78 is 25.1. The van der Waals surface area contributed by atoms with Crippen molar-refractivity contribution in [1.29, 1.82) is 0 Å². The molecule has 118 valence electrons. The van der Waals surface area contributed by atoms with E-state index in [1.165, 1.54) is 26.2 Å². The van der Waals surface area contributed by atoms with Gasteiger partial charge in [-0.05, 0) is 12.5 Å². The molecule has 0 fully saturated rings. The molecule has 21 heavy (non-hydrogen) atoms. The number of benzene rings is 1. The number of aliphatic hydroxyl groups is 1. The maximum Gasteiger partial charge on any atom is 0.274 e. The molecule has 0 saturated carbocycles. The minimum Gasteiger partial charge on any atom is -0.393 e. The number of nitro benzene ring substituents is 1. The van der Waals surface area contributed by atoms with Gasteiger partial charge in [0.15, 0.2) is 0 Å². The molecule has 2 unspecified atom stereocenters. The Hall–Kier alpha value is -1.51. The third-order valence-electron chi connectivity index (χ3n) is 3.46. The monoisotopic (exact) mass is 316 g/mol. The van der Waals surface area contributed by atoms with Gasteiger partial charge < -0.3 is 5.11 Å². The van der Waals surface area contributed by atoms with Crippen molar-refractivity contribution < 1.29 is 18.4 Å². The second-order valence-corrected chi connectivity index (χ2v) is 7.18. The molecule has 8 heteroatoms. The SMILES string of the molecule is CCC(O)C(C)c1ccc(S(=O)(=O)N(C)C)cc1[N+](=O)[O-]. The van der Waals surface area contributed by atoms with Gasteiger partial charge in [0.1, 0.15) is 0 Å². The molecular weight excluding hydrogens is 296 g/mol. The average molecular weight is 316 g/mol. The molecule has 0 aliphatic carbocycles. The number of sulfonamides is 1. The number of hydrogen-bond donors (Lipinski definition) is 1. The van der Waals surface area contributed by atoms with Gasteiger partial charge in [-0.3, -0.25) is 10.1 Å². The molecule has 0 aliphatic rings. The summed E-state index contributed by atoms with van der Waals surface area (Å²) in [5, 5.41) is 21.1. The predicted octanol–water partition coefficient (Wildman–Crippen LogP) is 1.72.